The number of aliphatic hydroxyl groups excluding tert-OH is 1. The first-order valence-corrected chi connectivity index (χ1v) is 8.14. The molecule has 0 spiro atoms. The minimum atomic E-state index is -2.91. The molecule has 1 atom stereocenters. The van der Waals surface area contributed by atoms with Crippen molar-refractivity contribution < 1.29 is 13.5 Å². The van der Waals surface area contributed by atoms with E-state index in [9.17, 15) is 13.5 Å². The lowest BCUT2D eigenvalue weighted by atomic mass is 9.75. The molecule has 4 heteroatoms. The van der Waals surface area contributed by atoms with E-state index in [4.69, 9.17) is 0 Å². The van der Waals surface area contributed by atoms with Gasteiger partial charge in [-0.1, -0.05) is 32.4 Å². The maximum atomic E-state index is 11.6. The Balaban J connectivity index is 2.58. The van der Waals surface area contributed by atoms with Crippen LogP contribution >= 0.6 is 0 Å². The third-order valence-electron chi connectivity index (χ3n) is 3.14. The summed E-state index contributed by atoms with van der Waals surface area (Å²) in [6.45, 7) is 6.11. The molecule has 100 valence electrons. The topological polar surface area (TPSA) is 54.4 Å². The van der Waals surface area contributed by atoms with Gasteiger partial charge in [0.05, 0.1) is 11.9 Å². The Hall–Kier alpha value is -0.350. The van der Waals surface area contributed by atoms with Crippen LogP contribution in [-0.4, -0.2) is 31.1 Å². The van der Waals surface area contributed by atoms with E-state index < -0.39 is 15.9 Å². The summed E-state index contributed by atoms with van der Waals surface area (Å²) in [4.78, 5) is 0. The summed E-state index contributed by atoms with van der Waals surface area (Å²) in [5.41, 5.74) is 1.17. The molecular weight excluding hydrogens is 236 g/mol. The van der Waals surface area contributed by atoms with Gasteiger partial charge in [0.25, 0.3) is 0 Å². The van der Waals surface area contributed by atoms with E-state index in [-0.39, 0.29) is 16.9 Å². The lowest BCUT2D eigenvalue weighted by Gasteiger charge is -2.32. The van der Waals surface area contributed by atoms with E-state index in [1.54, 1.807) is 0 Å². The SMILES string of the molecule is CCCS(=O)(=O)CCC1=CC(O)CC(C)(C)C1. The molecule has 3 nitrogen and oxygen atoms in total. The standard InChI is InChI=1S/C13H24O3S/c1-4-6-17(15,16)7-5-11-8-12(14)10-13(2,3)9-11/h8,12,14H,4-7,9-10H2,1-3H3. The number of sulfone groups is 1. The van der Waals surface area contributed by atoms with E-state index >= 15 is 0 Å². The van der Waals surface area contributed by atoms with Crippen LogP contribution in [0.1, 0.15) is 46.5 Å². The minimum Gasteiger partial charge on any atom is -0.389 e. The Morgan fingerprint density at radius 2 is 2.06 bits per heavy atom. The van der Waals surface area contributed by atoms with Gasteiger partial charge in [-0.05, 0) is 31.1 Å². The molecule has 0 heterocycles. The lowest BCUT2D eigenvalue weighted by molar-refractivity contribution is 0.138. The number of hydrogen-bond acceptors (Lipinski definition) is 3. The van der Waals surface area contributed by atoms with Gasteiger partial charge in [0.15, 0.2) is 9.84 Å². The fourth-order valence-electron chi connectivity index (χ4n) is 2.51. The van der Waals surface area contributed by atoms with Crippen LogP contribution in [0.4, 0.5) is 0 Å². The van der Waals surface area contributed by atoms with Crippen molar-refractivity contribution in [1.82, 2.24) is 0 Å². The second-order valence-corrected chi connectivity index (χ2v) is 8.14. The molecule has 0 amide bonds. The van der Waals surface area contributed by atoms with Gasteiger partial charge in [-0.2, -0.15) is 0 Å². The molecule has 0 aromatic rings. The number of allylic oxidation sites excluding steroid dienone is 1. The highest BCUT2D eigenvalue weighted by Crippen LogP contribution is 2.36. The van der Waals surface area contributed by atoms with Crippen molar-refractivity contribution in [1.29, 1.82) is 0 Å². The van der Waals surface area contributed by atoms with Gasteiger partial charge in [-0.25, -0.2) is 8.42 Å². The van der Waals surface area contributed by atoms with Gasteiger partial charge < -0.3 is 5.11 Å². The highest BCUT2D eigenvalue weighted by molar-refractivity contribution is 7.91. The van der Waals surface area contributed by atoms with Crippen molar-refractivity contribution in [2.24, 2.45) is 5.41 Å². The van der Waals surface area contributed by atoms with E-state index in [2.05, 4.69) is 13.8 Å². The van der Waals surface area contributed by atoms with E-state index in [0.29, 0.717) is 12.8 Å². The summed E-state index contributed by atoms with van der Waals surface area (Å²) in [5, 5.41) is 9.72. The van der Waals surface area contributed by atoms with Gasteiger partial charge >= 0.3 is 0 Å². The van der Waals surface area contributed by atoms with Crippen LogP contribution in [0.5, 0.6) is 0 Å². The molecule has 0 radical (unpaired) electrons. The average molecular weight is 260 g/mol. The van der Waals surface area contributed by atoms with Crippen molar-refractivity contribution in [3.63, 3.8) is 0 Å². The average Bonchev–Trinajstić information content (AvgIpc) is 2.11. The maximum Gasteiger partial charge on any atom is 0.150 e. The predicted molar refractivity (Wildman–Crippen MR) is 70.7 cm³/mol. The zero-order valence-electron chi connectivity index (χ0n) is 11.1. The molecule has 0 aromatic heterocycles. The molecule has 0 saturated carbocycles. The first kappa shape index (κ1) is 14.7. The Kier molecular flexibility index (Phi) is 4.78. The van der Waals surface area contributed by atoms with E-state index in [1.165, 1.54) is 0 Å². The Morgan fingerprint density at radius 3 is 2.59 bits per heavy atom. The second kappa shape index (κ2) is 5.53. The molecule has 0 aromatic carbocycles. The van der Waals surface area contributed by atoms with Gasteiger partial charge in [0, 0.05) is 5.75 Å². The molecule has 0 saturated heterocycles. The van der Waals surface area contributed by atoms with Crippen molar-refractivity contribution in [3.8, 4) is 0 Å². The Bertz CT molecular complexity index is 379. The van der Waals surface area contributed by atoms with E-state index in [1.807, 2.05) is 13.0 Å². The smallest absolute Gasteiger partial charge is 0.150 e. The number of rotatable bonds is 5. The minimum absolute atomic E-state index is 0.0814. The molecule has 0 fully saturated rings. The summed E-state index contributed by atoms with van der Waals surface area (Å²) in [7, 11) is -2.91. The van der Waals surface area contributed by atoms with Crippen molar-refractivity contribution in [2.45, 2.75) is 52.6 Å². The van der Waals surface area contributed by atoms with Crippen molar-refractivity contribution >= 4 is 9.84 Å². The Labute approximate surface area is 105 Å². The summed E-state index contributed by atoms with van der Waals surface area (Å²) >= 11 is 0. The maximum absolute atomic E-state index is 11.6. The van der Waals surface area contributed by atoms with Crippen molar-refractivity contribution in [2.75, 3.05) is 11.5 Å². The summed E-state index contributed by atoms with van der Waals surface area (Å²) in [5.74, 6) is 0.488. The molecule has 1 rings (SSSR count). The van der Waals surface area contributed by atoms with Crippen LogP contribution in [0.3, 0.4) is 0 Å². The third kappa shape index (κ3) is 5.21. The summed E-state index contributed by atoms with van der Waals surface area (Å²) < 4.78 is 23.3. The highest BCUT2D eigenvalue weighted by Gasteiger charge is 2.27. The normalized spacial score (nSPS) is 24.5. The van der Waals surface area contributed by atoms with Gasteiger partial charge in [0.2, 0.25) is 0 Å². The van der Waals surface area contributed by atoms with Gasteiger partial charge in [-0.15, -0.1) is 0 Å². The lowest BCUT2D eigenvalue weighted by Crippen LogP contribution is -2.25. The highest BCUT2D eigenvalue weighted by atomic mass is 32.2. The summed E-state index contributed by atoms with van der Waals surface area (Å²) in [6, 6.07) is 0. The fraction of sp³-hybridized carbons (Fsp3) is 0.846. The predicted octanol–water partition coefficient (Wildman–Crippen LogP) is 2.31. The molecule has 1 aliphatic carbocycles. The molecule has 17 heavy (non-hydrogen) atoms. The summed E-state index contributed by atoms with van der Waals surface area (Å²) in [6.07, 6.45) is 4.33. The van der Waals surface area contributed by atoms with Crippen LogP contribution in [0.15, 0.2) is 11.6 Å². The van der Waals surface area contributed by atoms with E-state index in [0.717, 1.165) is 18.4 Å². The zero-order valence-corrected chi connectivity index (χ0v) is 11.9. The van der Waals surface area contributed by atoms with Gasteiger partial charge in [-0.3, -0.25) is 0 Å². The Morgan fingerprint density at radius 1 is 1.41 bits per heavy atom. The van der Waals surface area contributed by atoms with Crippen molar-refractivity contribution in [3.05, 3.63) is 11.6 Å². The van der Waals surface area contributed by atoms with Crippen LogP contribution < -0.4 is 0 Å². The van der Waals surface area contributed by atoms with Crippen LogP contribution in [0, 0.1) is 5.41 Å². The molecule has 1 aliphatic rings. The van der Waals surface area contributed by atoms with Gasteiger partial charge in [0.1, 0.15) is 0 Å². The number of hydrogen-bond donors (Lipinski definition) is 1. The third-order valence-corrected chi connectivity index (χ3v) is 5.00. The number of aliphatic hydroxyl groups is 1. The monoisotopic (exact) mass is 260 g/mol. The molecule has 0 aliphatic heterocycles. The van der Waals surface area contributed by atoms with Crippen LogP contribution in [-0.2, 0) is 9.84 Å². The first-order chi connectivity index (χ1) is 7.74. The zero-order chi connectivity index (χ0) is 13.1. The molecule has 0 bridgehead atoms. The second-order valence-electron chi connectivity index (χ2n) is 5.84. The first-order valence-electron chi connectivity index (χ1n) is 6.32. The fourth-order valence-corrected chi connectivity index (χ4v) is 3.91. The van der Waals surface area contributed by atoms with Crippen LogP contribution in [0.25, 0.3) is 0 Å². The molecule has 1 unspecified atom stereocenters. The van der Waals surface area contributed by atoms with Crippen LogP contribution in [0.2, 0.25) is 0 Å². The molecular formula is C13H24O3S. The molecule has 1 N–H and O–H groups in total. The largest absolute Gasteiger partial charge is 0.389 e. The quantitative estimate of drug-likeness (QED) is 0.772.